The van der Waals surface area contributed by atoms with Gasteiger partial charge in [-0.1, -0.05) is 24.3 Å². The highest BCUT2D eigenvalue weighted by Gasteiger charge is 2.34. The SMILES string of the molecule is CC(C)OC(=O)NC[C@@]1(O)CCCN(C2Cc3ccccc3C2)CC1. The Bertz CT molecular complexity index is 579. The van der Waals surface area contributed by atoms with E-state index in [-0.39, 0.29) is 12.6 Å². The normalized spacial score (nSPS) is 24.8. The third-order valence-corrected chi connectivity index (χ3v) is 5.40. The molecule has 2 N–H and O–H groups in total. The van der Waals surface area contributed by atoms with Crippen molar-refractivity contribution >= 4 is 6.09 Å². The topological polar surface area (TPSA) is 61.8 Å². The summed E-state index contributed by atoms with van der Waals surface area (Å²) < 4.78 is 5.08. The van der Waals surface area contributed by atoms with Crippen molar-refractivity contribution in [2.75, 3.05) is 19.6 Å². The number of alkyl carbamates (subject to hydrolysis) is 1. The van der Waals surface area contributed by atoms with Gasteiger partial charge in [-0.15, -0.1) is 0 Å². The largest absolute Gasteiger partial charge is 0.447 e. The first-order chi connectivity index (χ1) is 12.0. The average molecular weight is 346 g/mol. The smallest absolute Gasteiger partial charge is 0.407 e. The molecule has 0 radical (unpaired) electrons. The number of nitrogens with zero attached hydrogens (tertiary/aromatic N) is 1. The molecule has 5 heteroatoms. The number of likely N-dealkylation sites (tertiary alicyclic amines) is 1. The fourth-order valence-corrected chi connectivity index (χ4v) is 4.03. The van der Waals surface area contributed by atoms with E-state index in [1.54, 1.807) is 0 Å². The van der Waals surface area contributed by atoms with Gasteiger partial charge in [0.05, 0.1) is 11.7 Å². The van der Waals surface area contributed by atoms with Gasteiger partial charge in [-0.05, 0) is 63.6 Å². The van der Waals surface area contributed by atoms with Gasteiger partial charge in [0, 0.05) is 19.1 Å². The molecule has 0 bridgehead atoms. The van der Waals surface area contributed by atoms with Crippen molar-refractivity contribution in [2.24, 2.45) is 0 Å². The third kappa shape index (κ3) is 4.73. The Hall–Kier alpha value is -1.59. The zero-order chi connectivity index (χ0) is 17.9. The monoisotopic (exact) mass is 346 g/mol. The highest BCUT2D eigenvalue weighted by molar-refractivity contribution is 5.67. The number of hydrogen-bond acceptors (Lipinski definition) is 4. The van der Waals surface area contributed by atoms with E-state index in [0.717, 1.165) is 32.4 Å². The molecule has 0 saturated carbocycles. The predicted molar refractivity (Wildman–Crippen MR) is 97.6 cm³/mol. The van der Waals surface area contributed by atoms with Crippen molar-refractivity contribution in [3.05, 3.63) is 35.4 Å². The van der Waals surface area contributed by atoms with E-state index in [2.05, 4.69) is 34.5 Å². The summed E-state index contributed by atoms with van der Waals surface area (Å²) in [6, 6.07) is 9.23. The molecule has 1 saturated heterocycles. The Kier molecular flexibility index (Phi) is 5.64. The first-order valence-corrected chi connectivity index (χ1v) is 9.43. The van der Waals surface area contributed by atoms with Crippen LogP contribution in [0.4, 0.5) is 4.79 Å². The van der Waals surface area contributed by atoms with Crippen LogP contribution in [-0.4, -0.2) is 53.5 Å². The first kappa shape index (κ1) is 18.2. The van der Waals surface area contributed by atoms with E-state index in [9.17, 15) is 9.90 Å². The molecular weight excluding hydrogens is 316 g/mol. The number of rotatable bonds is 4. The number of nitrogens with one attached hydrogen (secondary N) is 1. The van der Waals surface area contributed by atoms with E-state index in [1.165, 1.54) is 11.1 Å². The summed E-state index contributed by atoms with van der Waals surface area (Å²) in [7, 11) is 0. The van der Waals surface area contributed by atoms with E-state index < -0.39 is 11.7 Å². The van der Waals surface area contributed by atoms with Crippen molar-refractivity contribution in [2.45, 2.75) is 63.7 Å². The maximum Gasteiger partial charge on any atom is 0.407 e. The zero-order valence-electron chi connectivity index (χ0n) is 15.3. The fourth-order valence-electron chi connectivity index (χ4n) is 4.03. The molecule has 1 aromatic rings. The molecular formula is C20H30N2O3. The van der Waals surface area contributed by atoms with Crippen LogP contribution < -0.4 is 5.32 Å². The molecule has 0 unspecified atom stereocenters. The van der Waals surface area contributed by atoms with Gasteiger partial charge >= 0.3 is 6.09 Å². The fraction of sp³-hybridized carbons (Fsp3) is 0.650. The van der Waals surface area contributed by atoms with Crippen LogP contribution in [-0.2, 0) is 17.6 Å². The van der Waals surface area contributed by atoms with Gasteiger partial charge in [-0.25, -0.2) is 4.79 Å². The number of fused-ring (bicyclic) bond motifs is 1. The Morgan fingerprint density at radius 2 is 1.96 bits per heavy atom. The number of aliphatic hydroxyl groups is 1. The quantitative estimate of drug-likeness (QED) is 0.879. The molecule has 1 atom stereocenters. The van der Waals surface area contributed by atoms with Crippen LogP contribution in [0.15, 0.2) is 24.3 Å². The summed E-state index contributed by atoms with van der Waals surface area (Å²) in [4.78, 5) is 14.2. The van der Waals surface area contributed by atoms with Gasteiger partial charge in [-0.2, -0.15) is 0 Å². The predicted octanol–water partition coefficient (Wildman–Crippen LogP) is 2.51. The maximum atomic E-state index is 11.7. The number of hydrogen-bond donors (Lipinski definition) is 2. The molecule has 25 heavy (non-hydrogen) atoms. The van der Waals surface area contributed by atoms with Crippen molar-refractivity contribution in [1.29, 1.82) is 0 Å². The van der Waals surface area contributed by atoms with Gasteiger partial charge < -0.3 is 15.2 Å². The van der Waals surface area contributed by atoms with Crippen LogP contribution in [0, 0.1) is 0 Å². The molecule has 2 aliphatic rings. The Labute approximate surface area is 150 Å². The molecule has 1 aliphatic carbocycles. The summed E-state index contributed by atoms with van der Waals surface area (Å²) in [5.41, 5.74) is 2.09. The van der Waals surface area contributed by atoms with Gasteiger partial charge in [0.15, 0.2) is 0 Å². The van der Waals surface area contributed by atoms with Crippen LogP contribution in [0.3, 0.4) is 0 Å². The first-order valence-electron chi connectivity index (χ1n) is 9.43. The Morgan fingerprint density at radius 1 is 1.28 bits per heavy atom. The number of carbonyl (C=O) groups excluding carboxylic acids is 1. The molecule has 1 aromatic carbocycles. The number of carbonyl (C=O) groups is 1. The highest BCUT2D eigenvalue weighted by atomic mass is 16.6. The van der Waals surface area contributed by atoms with E-state index >= 15 is 0 Å². The highest BCUT2D eigenvalue weighted by Crippen LogP contribution is 2.29. The van der Waals surface area contributed by atoms with E-state index in [0.29, 0.717) is 18.9 Å². The third-order valence-electron chi connectivity index (χ3n) is 5.40. The minimum absolute atomic E-state index is 0.150. The minimum atomic E-state index is -0.837. The maximum absolute atomic E-state index is 11.7. The second-order valence-electron chi connectivity index (χ2n) is 7.75. The summed E-state index contributed by atoms with van der Waals surface area (Å²) in [6.07, 6.45) is 3.96. The van der Waals surface area contributed by atoms with Gasteiger partial charge in [-0.3, -0.25) is 4.90 Å². The molecule has 1 amide bonds. The molecule has 1 heterocycles. The van der Waals surface area contributed by atoms with Crippen LogP contribution in [0.25, 0.3) is 0 Å². The van der Waals surface area contributed by atoms with Crippen LogP contribution in [0.2, 0.25) is 0 Å². The summed E-state index contributed by atoms with van der Waals surface area (Å²) >= 11 is 0. The van der Waals surface area contributed by atoms with Crippen LogP contribution >= 0.6 is 0 Å². The number of ether oxygens (including phenoxy) is 1. The van der Waals surface area contributed by atoms with Crippen molar-refractivity contribution < 1.29 is 14.6 Å². The molecule has 1 fully saturated rings. The lowest BCUT2D eigenvalue weighted by Gasteiger charge is -2.29. The number of benzene rings is 1. The molecule has 5 nitrogen and oxygen atoms in total. The lowest BCUT2D eigenvalue weighted by molar-refractivity contribution is 0.0217. The molecule has 1 aliphatic heterocycles. The van der Waals surface area contributed by atoms with Crippen molar-refractivity contribution in [3.63, 3.8) is 0 Å². The van der Waals surface area contributed by atoms with Gasteiger partial charge in [0.2, 0.25) is 0 Å². The minimum Gasteiger partial charge on any atom is -0.447 e. The molecule has 138 valence electrons. The van der Waals surface area contributed by atoms with E-state index in [4.69, 9.17) is 4.74 Å². The second-order valence-corrected chi connectivity index (χ2v) is 7.75. The molecule has 3 rings (SSSR count). The van der Waals surface area contributed by atoms with Crippen LogP contribution in [0.5, 0.6) is 0 Å². The zero-order valence-corrected chi connectivity index (χ0v) is 15.3. The summed E-state index contributed by atoms with van der Waals surface area (Å²) in [6.45, 7) is 5.78. The lowest BCUT2D eigenvalue weighted by Crippen LogP contribution is -2.44. The summed E-state index contributed by atoms with van der Waals surface area (Å²) in [5.74, 6) is 0. The van der Waals surface area contributed by atoms with Gasteiger partial charge in [0.1, 0.15) is 0 Å². The second kappa shape index (κ2) is 7.75. The van der Waals surface area contributed by atoms with Crippen LogP contribution in [0.1, 0.15) is 44.2 Å². The van der Waals surface area contributed by atoms with E-state index in [1.807, 2.05) is 13.8 Å². The van der Waals surface area contributed by atoms with Crippen molar-refractivity contribution in [3.8, 4) is 0 Å². The Morgan fingerprint density at radius 3 is 2.60 bits per heavy atom. The average Bonchev–Trinajstić information content (AvgIpc) is 2.90. The summed E-state index contributed by atoms with van der Waals surface area (Å²) in [5, 5.41) is 13.6. The van der Waals surface area contributed by atoms with Gasteiger partial charge in [0.25, 0.3) is 0 Å². The Balaban J connectivity index is 1.51. The lowest BCUT2D eigenvalue weighted by atomic mass is 9.95. The van der Waals surface area contributed by atoms with Crippen molar-refractivity contribution in [1.82, 2.24) is 10.2 Å². The number of amides is 1. The standard InChI is InChI=1S/C20H30N2O3/c1-15(2)25-19(23)21-14-20(24)8-5-10-22(11-9-20)18-12-16-6-3-4-7-17(16)13-18/h3-4,6-7,15,18,24H,5,8-14H2,1-2H3,(H,21,23)/t20-/m1/s1. The molecule has 0 aromatic heterocycles. The molecule has 0 spiro atoms.